The second kappa shape index (κ2) is 7.71. The summed E-state index contributed by atoms with van der Waals surface area (Å²) in [5.74, 6) is -1.88. The average Bonchev–Trinajstić information content (AvgIpc) is 2.90. The molecule has 0 saturated heterocycles. The number of carbonyl (C=O) groups excluding carboxylic acids is 2. The van der Waals surface area contributed by atoms with E-state index < -0.39 is 23.8 Å². The summed E-state index contributed by atoms with van der Waals surface area (Å²) in [4.78, 5) is 24.3. The van der Waals surface area contributed by atoms with Gasteiger partial charge in [0.1, 0.15) is 16.4 Å². The molecule has 0 aliphatic carbocycles. The average molecular weight is 416 g/mol. The number of esters is 1. The lowest BCUT2D eigenvalue weighted by Crippen LogP contribution is -2.30. The summed E-state index contributed by atoms with van der Waals surface area (Å²) in [6.07, 6.45) is -1.09. The van der Waals surface area contributed by atoms with E-state index in [0.717, 1.165) is 11.5 Å². The van der Waals surface area contributed by atoms with Crippen LogP contribution in [0.25, 0.3) is 0 Å². The van der Waals surface area contributed by atoms with Crippen molar-refractivity contribution < 1.29 is 18.7 Å². The largest absolute Gasteiger partial charge is 0.449 e. The fourth-order valence-corrected chi connectivity index (χ4v) is 2.95. The Kier molecular flexibility index (Phi) is 5.89. The summed E-state index contributed by atoms with van der Waals surface area (Å²) in [5, 5.41) is 5.80. The van der Waals surface area contributed by atoms with Gasteiger partial charge in [-0.1, -0.05) is 15.9 Å². The third kappa shape index (κ3) is 4.09. The zero-order chi connectivity index (χ0) is 17.9. The van der Waals surface area contributed by atoms with Gasteiger partial charge in [0.2, 0.25) is 0 Å². The maximum Gasteiger partial charge on any atom is 0.343 e. The number of anilines is 2. The van der Waals surface area contributed by atoms with Crippen LogP contribution in [0.3, 0.4) is 0 Å². The van der Waals surface area contributed by atoms with Gasteiger partial charge < -0.3 is 15.4 Å². The third-order valence-corrected chi connectivity index (χ3v) is 4.59. The monoisotopic (exact) mass is 415 g/mol. The molecular formula is C15H15BrFN3O3S. The van der Waals surface area contributed by atoms with Crippen LogP contribution in [-0.2, 0) is 9.53 Å². The Morgan fingerprint density at radius 2 is 2.12 bits per heavy atom. The molecule has 1 amide bonds. The van der Waals surface area contributed by atoms with Crippen LogP contribution in [0.15, 0.2) is 22.7 Å². The number of halogens is 2. The van der Waals surface area contributed by atoms with E-state index >= 15 is 0 Å². The van der Waals surface area contributed by atoms with Crippen LogP contribution in [0.4, 0.5) is 15.1 Å². The molecule has 0 aliphatic heterocycles. The van der Waals surface area contributed by atoms with Crippen LogP contribution in [0.5, 0.6) is 0 Å². The van der Waals surface area contributed by atoms with Gasteiger partial charge in [-0.2, -0.15) is 4.37 Å². The zero-order valence-electron chi connectivity index (χ0n) is 13.1. The maximum atomic E-state index is 13.7. The van der Waals surface area contributed by atoms with Crippen LogP contribution in [0.2, 0.25) is 0 Å². The number of hydrogen-bond acceptors (Lipinski definition) is 6. The van der Waals surface area contributed by atoms with Crippen LogP contribution in [0.1, 0.15) is 23.0 Å². The molecule has 0 aliphatic rings. The number of aromatic nitrogens is 1. The van der Waals surface area contributed by atoms with Gasteiger partial charge in [0.15, 0.2) is 6.10 Å². The number of nitrogens with one attached hydrogen (secondary N) is 2. The summed E-state index contributed by atoms with van der Waals surface area (Å²) in [5.41, 5.74) is 0.813. The highest BCUT2D eigenvalue weighted by atomic mass is 79.9. The lowest BCUT2D eigenvalue weighted by molar-refractivity contribution is -0.123. The molecule has 0 bridgehead atoms. The smallest absolute Gasteiger partial charge is 0.343 e. The Labute approximate surface area is 150 Å². The number of nitrogens with zero attached hydrogens (tertiary/aromatic N) is 1. The summed E-state index contributed by atoms with van der Waals surface area (Å²) in [7, 11) is 1.66. The summed E-state index contributed by atoms with van der Waals surface area (Å²) in [6, 6.07) is 4.23. The highest BCUT2D eigenvalue weighted by Crippen LogP contribution is 2.25. The van der Waals surface area contributed by atoms with Gasteiger partial charge in [-0.25, -0.2) is 9.18 Å². The van der Waals surface area contributed by atoms with Crippen molar-refractivity contribution in [1.82, 2.24) is 4.37 Å². The van der Waals surface area contributed by atoms with E-state index in [9.17, 15) is 14.0 Å². The van der Waals surface area contributed by atoms with Gasteiger partial charge in [0.05, 0.1) is 11.4 Å². The highest BCUT2D eigenvalue weighted by Gasteiger charge is 2.24. The van der Waals surface area contributed by atoms with Gasteiger partial charge in [-0.05, 0) is 43.6 Å². The molecule has 9 heteroatoms. The second-order valence-electron chi connectivity index (χ2n) is 4.88. The molecule has 0 fully saturated rings. The minimum atomic E-state index is -1.09. The first-order valence-electron chi connectivity index (χ1n) is 6.94. The fraction of sp³-hybridized carbons (Fsp3) is 0.267. The van der Waals surface area contributed by atoms with Gasteiger partial charge in [-0.15, -0.1) is 0 Å². The van der Waals surface area contributed by atoms with Gasteiger partial charge in [0.25, 0.3) is 5.91 Å². The molecule has 2 rings (SSSR count). The number of amides is 1. The van der Waals surface area contributed by atoms with E-state index in [2.05, 4.69) is 30.9 Å². The quantitative estimate of drug-likeness (QED) is 0.729. The molecular weight excluding hydrogens is 401 g/mol. The van der Waals surface area contributed by atoms with E-state index in [0.29, 0.717) is 15.2 Å². The molecule has 2 aromatic rings. The van der Waals surface area contributed by atoms with Crippen molar-refractivity contribution >= 4 is 50.0 Å². The van der Waals surface area contributed by atoms with Crippen LogP contribution in [-0.4, -0.2) is 29.4 Å². The standard InChI is InChI=1S/C15H15BrFN3O3S/c1-7-12(14(18-3)24-20-7)15(22)23-8(2)13(21)19-11-5-4-9(16)6-10(11)17/h4-6,8,18H,1-3H3,(H,19,21). The molecule has 0 saturated carbocycles. The Morgan fingerprint density at radius 1 is 1.42 bits per heavy atom. The van der Waals surface area contributed by atoms with Gasteiger partial charge >= 0.3 is 5.97 Å². The highest BCUT2D eigenvalue weighted by molar-refractivity contribution is 9.10. The van der Waals surface area contributed by atoms with Crippen molar-refractivity contribution in [3.8, 4) is 0 Å². The molecule has 0 radical (unpaired) electrons. The lowest BCUT2D eigenvalue weighted by atomic mass is 10.2. The van der Waals surface area contributed by atoms with Crippen LogP contribution < -0.4 is 10.6 Å². The Hall–Kier alpha value is -2.00. The Bertz CT molecular complexity index is 781. The first kappa shape index (κ1) is 18.3. The van der Waals surface area contributed by atoms with E-state index in [-0.39, 0.29) is 11.3 Å². The van der Waals surface area contributed by atoms with Crippen molar-refractivity contribution in [3.05, 3.63) is 39.7 Å². The van der Waals surface area contributed by atoms with E-state index in [1.165, 1.54) is 19.1 Å². The minimum Gasteiger partial charge on any atom is -0.449 e. The fourth-order valence-electron chi connectivity index (χ4n) is 1.88. The number of rotatable bonds is 5. The summed E-state index contributed by atoms with van der Waals surface area (Å²) < 4.78 is 23.5. The number of aryl methyl sites for hydroxylation is 1. The molecule has 2 N–H and O–H groups in total. The van der Waals surface area contributed by atoms with Gasteiger partial charge in [0, 0.05) is 11.5 Å². The van der Waals surface area contributed by atoms with Crippen molar-refractivity contribution in [1.29, 1.82) is 0 Å². The molecule has 1 heterocycles. The topological polar surface area (TPSA) is 80.3 Å². The predicted octanol–water partition coefficient (Wildman–Crippen LogP) is 3.58. The Morgan fingerprint density at radius 3 is 2.75 bits per heavy atom. The first-order chi connectivity index (χ1) is 11.3. The predicted molar refractivity (Wildman–Crippen MR) is 94.0 cm³/mol. The number of hydrogen-bond donors (Lipinski definition) is 2. The third-order valence-electron chi connectivity index (χ3n) is 3.14. The van der Waals surface area contributed by atoms with E-state index in [1.807, 2.05) is 0 Å². The van der Waals surface area contributed by atoms with Crippen molar-refractivity contribution in [3.63, 3.8) is 0 Å². The minimum absolute atomic E-state index is 0.00962. The zero-order valence-corrected chi connectivity index (χ0v) is 15.5. The number of benzene rings is 1. The van der Waals surface area contributed by atoms with Crippen molar-refractivity contribution in [2.45, 2.75) is 20.0 Å². The lowest BCUT2D eigenvalue weighted by Gasteiger charge is -2.14. The molecule has 6 nitrogen and oxygen atoms in total. The first-order valence-corrected chi connectivity index (χ1v) is 8.51. The number of ether oxygens (including phenoxy) is 1. The maximum absolute atomic E-state index is 13.7. The number of carbonyl (C=O) groups is 2. The van der Waals surface area contributed by atoms with Gasteiger partial charge in [-0.3, -0.25) is 4.79 Å². The second-order valence-corrected chi connectivity index (χ2v) is 6.57. The molecule has 128 valence electrons. The van der Waals surface area contributed by atoms with Crippen molar-refractivity contribution in [2.24, 2.45) is 0 Å². The molecule has 1 aromatic heterocycles. The molecule has 0 spiro atoms. The van der Waals surface area contributed by atoms with E-state index in [4.69, 9.17) is 4.74 Å². The van der Waals surface area contributed by atoms with E-state index in [1.54, 1.807) is 20.0 Å². The molecule has 1 aromatic carbocycles. The SMILES string of the molecule is CNc1snc(C)c1C(=O)OC(C)C(=O)Nc1ccc(Br)cc1F. The van der Waals surface area contributed by atoms with Crippen LogP contribution in [0, 0.1) is 12.7 Å². The normalized spacial score (nSPS) is 11.7. The Balaban J connectivity index is 2.06. The summed E-state index contributed by atoms with van der Waals surface area (Å²) in [6.45, 7) is 3.09. The van der Waals surface area contributed by atoms with Crippen LogP contribution >= 0.6 is 27.5 Å². The molecule has 24 heavy (non-hydrogen) atoms. The molecule has 1 atom stereocenters. The van der Waals surface area contributed by atoms with Crippen molar-refractivity contribution in [2.75, 3.05) is 17.7 Å². The molecule has 1 unspecified atom stereocenters. The summed E-state index contributed by atoms with van der Waals surface area (Å²) >= 11 is 4.26.